The molecule has 0 aliphatic carbocycles. The van der Waals surface area contributed by atoms with Crippen LogP contribution in [0.2, 0.25) is 0 Å². The van der Waals surface area contributed by atoms with Gasteiger partial charge in [0, 0.05) is 12.3 Å². The summed E-state index contributed by atoms with van der Waals surface area (Å²) in [6, 6.07) is 1.78. The quantitative estimate of drug-likeness (QED) is 0.614. The van der Waals surface area contributed by atoms with Crippen LogP contribution in [0.1, 0.15) is 6.92 Å². The van der Waals surface area contributed by atoms with Crippen LogP contribution in [0.5, 0.6) is 5.88 Å². The van der Waals surface area contributed by atoms with Gasteiger partial charge in [0.15, 0.2) is 0 Å². The number of nitrogens with zero attached hydrogens (tertiary/aromatic N) is 1. The van der Waals surface area contributed by atoms with E-state index in [4.69, 9.17) is 4.74 Å². The summed E-state index contributed by atoms with van der Waals surface area (Å²) < 4.78 is 5.00. The summed E-state index contributed by atoms with van der Waals surface area (Å²) in [4.78, 5) is 0. The second kappa shape index (κ2) is 2.35. The number of hydrogen-bond donors (Lipinski definition) is 1. The highest BCUT2D eigenvalue weighted by atomic mass is 16.5. The lowest BCUT2D eigenvalue weighted by Crippen LogP contribution is -1.90. The van der Waals surface area contributed by atoms with Crippen molar-refractivity contribution in [3.63, 3.8) is 0 Å². The first kappa shape index (κ1) is 5.15. The zero-order chi connectivity index (χ0) is 5.82. The molecule has 1 N–H and O–H groups in total. The Balaban J connectivity index is 2.50. The Bertz CT molecular complexity index is 136. The lowest BCUT2D eigenvalue weighted by Gasteiger charge is -1.92. The molecule has 0 atom stereocenters. The summed E-state index contributed by atoms with van der Waals surface area (Å²) in [7, 11) is 0. The number of H-pyrrole nitrogens is 1. The van der Waals surface area contributed by atoms with Gasteiger partial charge < -0.3 is 4.74 Å². The van der Waals surface area contributed by atoms with Crippen molar-refractivity contribution in [3.8, 4) is 5.88 Å². The average molecular weight is 112 g/mol. The number of rotatable bonds is 2. The SMILES string of the molecule is CCOc1cc[nH]n1. The highest BCUT2D eigenvalue weighted by Crippen LogP contribution is 1.99. The van der Waals surface area contributed by atoms with E-state index in [1.54, 1.807) is 12.3 Å². The van der Waals surface area contributed by atoms with Crippen LogP contribution >= 0.6 is 0 Å². The third-order valence-electron chi connectivity index (χ3n) is 0.767. The van der Waals surface area contributed by atoms with E-state index in [9.17, 15) is 0 Å². The Morgan fingerprint density at radius 2 is 2.75 bits per heavy atom. The van der Waals surface area contributed by atoms with Crippen molar-refractivity contribution in [3.05, 3.63) is 12.3 Å². The van der Waals surface area contributed by atoms with Gasteiger partial charge in [0.05, 0.1) is 6.61 Å². The van der Waals surface area contributed by atoms with Crippen molar-refractivity contribution < 1.29 is 4.74 Å². The molecule has 1 aromatic rings. The van der Waals surface area contributed by atoms with Gasteiger partial charge in [0.2, 0.25) is 5.88 Å². The van der Waals surface area contributed by atoms with E-state index in [0.29, 0.717) is 12.5 Å². The van der Waals surface area contributed by atoms with Crippen molar-refractivity contribution in [1.29, 1.82) is 0 Å². The van der Waals surface area contributed by atoms with E-state index in [-0.39, 0.29) is 0 Å². The summed E-state index contributed by atoms with van der Waals surface area (Å²) in [5, 5.41) is 6.40. The maximum Gasteiger partial charge on any atom is 0.232 e. The van der Waals surface area contributed by atoms with Crippen molar-refractivity contribution in [2.45, 2.75) is 6.92 Å². The van der Waals surface area contributed by atoms with E-state index < -0.39 is 0 Å². The normalized spacial score (nSPS) is 9.12. The van der Waals surface area contributed by atoms with Gasteiger partial charge in [-0.25, -0.2) is 0 Å². The molecule has 0 bridgehead atoms. The number of hydrogen-bond acceptors (Lipinski definition) is 2. The van der Waals surface area contributed by atoms with Gasteiger partial charge in [0.25, 0.3) is 0 Å². The summed E-state index contributed by atoms with van der Waals surface area (Å²) in [5.41, 5.74) is 0. The number of aromatic amines is 1. The van der Waals surface area contributed by atoms with Gasteiger partial charge >= 0.3 is 0 Å². The van der Waals surface area contributed by atoms with E-state index in [0.717, 1.165) is 0 Å². The van der Waals surface area contributed by atoms with Gasteiger partial charge in [-0.3, -0.25) is 5.10 Å². The highest BCUT2D eigenvalue weighted by Gasteiger charge is 1.87. The number of nitrogens with one attached hydrogen (secondary N) is 1. The molecule has 44 valence electrons. The molecule has 1 rings (SSSR count). The molecule has 0 spiro atoms. The fourth-order valence-electron chi connectivity index (χ4n) is 0.475. The van der Waals surface area contributed by atoms with E-state index in [1.165, 1.54) is 0 Å². The summed E-state index contributed by atoms with van der Waals surface area (Å²) in [6.45, 7) is 2.60. The molecular weight excluding hydrogens is 104 g/mol. The molecule has 0 aliphatic rings. The molecule has 0 aromatic carbocycles. The summed E-state index contributed by atoms with van der Waals surface area (Å²) >= 11 is 0. The molecule has 1 aromatic heterocycles. The first-order chi connectivity index (χ1) is 3.93. The molecule has 0 aliphatic heterocycles. The van der Waals surface area contributed by atoms with Crippen LogP contribution in [-0.4, -0.2) is 16.8 Å². The van der Waals surface area contributed by atoms with Crippen LogP contribution in [0, 0.1) is 0 Å². The molecule has 0 unspecified atom stereocenters. The fraction of sp³-hybridized carbons (Fsp3) is 0.400. The monoisotopic (exact) mass is 112 g/mol. The Labute approximate surface area is 47.7 Å². The Hall–Kier alpha value is -0.990. The number of aromatic nitrogens is 2. The van der Waals surface area contributed by atoms with E-state index in [2.05, 4.69) is 10.2 Å². The van der Waals surface area contributed by atoms with Crippen LogP contribution < -0.4 is 4.74 Å². The fourth-order valence-corrected chi connectivity index (χ4v) is 0.475. The Kier molecular flexibility index (Phi) is 1.51. The first-order valence-corrected chi connectivity index (χ1v) is 2.56. The minimum Gasteiger partial charge on any atom is -0.477 e. The standard InChI is InChI=1S/C5H8N2O/c1-2-8-5-3-4-6-7-5/h3-4H,2H2,1H3,(H,6,7). The third kappa shape index (κ3) is 0.992. The molecule has 0 radical (unpaired) electrons. The van der Waals surface area contributed by atoms with E-state index >= 15 is 0 Å². The second-order valence-electron chi connectivity index (χ2n) is 1.35. The molecular formula is C5H8N2O. The zero-order valence-corrected chi connectivity index (χ0v) is 4.72. The van der Waals surface area contributed by atoms with Crippen LogP contribution in [0.25, 0.3) is 0 Å². The van der Waals surface area contributed by atoms with Gasteiger partial charge in [-0.1, -0.05) is 0 Å². The van der Waals surface area contributed by atoms with E-state index in [1.807, 2.05) is 6.92 Å². The lowest BCUT2D eigenvalue weighted by atomic mass is 10.7. The van der Waals surface area contributed by atoms with Crippen LogP contribution in [0.4, 0.5) is 0 Å². The highest BCUT2D eigenvalue weighted by molar-refractivity contribution is 5.03. The average Bonchev–Trinajstić information content (AvgIpc) is 2.19. The van der Waals surface area contributed by atoms with Gasteiger partial charge in [-0.15, -0.1) is 5.10 Å². The molecule has 0 amide bonds. The first-order valence-electron chi connectivity index (χ1n) is 2.56. The van der Waals surface area contributed by atoms with Crippen molar-refractivity contribution in [2.24, 2.45) is 0 Å². The van der Waals surface area contributed by atoms with Crippen LogP contribution in [0.15, 0.2) is 12.3 Å². The molecule has 3 nitrogen and oxygen atoms in total. The van der Waals surface area contributed by atoms with Gasteiger partial charge in [-0.05, 0) is 6.92 Å². The topological polar surface area (TPSA) is 37.9 Å². The zero-order valence-electron chi connectivity index (χ0n) is 4.72. The Morgan fingerprint density at radius 3 is 3.25 bits per heavy atom. The van der Waals surface area contributed by atoms with Crippen LogP contribution in [-0.2, 0) is 0 Å². The summed E-state index contributed by atoms with van der Waals surface area (Å²) in [6.07, 6.45) is 1.73. The predicted molar refractivity (Wildman–Crippen MR) is 29.8 cm³/mol. The maximum absolute atomic E-state index is 5.00. The maximum atomic E-state index is 5.00. The summed E-state index contributed by atoms with van der Waals surface area (Å²) in [5.74, 6) is 0.660. The molecule has 1 heterocycles. The second-order valence-corrected chi connectivity index (χ2v) is 1.35. The molecule has 0 fully saturated rings. The minimum atomic E-state index is 0.660. The van der Waals surface area contributed by atoms with Gasteiger partial charge in [0.1, 0.15) is 0 Å². The molecule has 0 saturated heterocycles. The number of ether oxygens (including phenoxy) is 1. The van der Waals surface area contributed by atoms with Crippen LogP contribution in [0.3, 0.4) is 0 Å². The van der Waals surface area contributed by atoms with Crippen molar-refractivity contribution in [1.82, 2.24) is 10.2 Å². The largest absolute Gasteiger partial charge is 0.477 e. The molecule has 0 saturated carbocycles. The molecule has 3 heteroatoms. The third-order valence-corrected chi connectivity index (χ3v) is 0.767. The minimum absolute atomic E-state index is 0.660. The van der Waals surface area contributed by atoms with Gasteiger partial charge in [-0.2, -0.15) is 0 Å². The predicted octanol–water partition coefficient (Wildman–Crippen LogP) is 0.808. The van der Waals surface area contributed by atoms with Crippen molar-refractivity contribution in [2.75, 3.05) is 6.61 Å². The molecule has 8 heavy (non-hydrogen) atoms. The Morgan fingerprint density at radius 1 is 1.88 bits per heavy atom. The lowest BCUT2D eigenvalue weighted by molar-refractivity contribution is 0.326. The van der Waals surface area contributed by atoms with Crippen molar-refractivity contribution >= 4 is 0 Å². The smallest absolute Gasteiger partial charge is 0.232 e.